The molecule has 1 aliphatic rings. The summed E-state index contributed by atoms with van der Waals surface area (Å²) >= 11 is 0. The molecular weight excluding hydrogens is 266 g/mol. The summed E-state index contributed by atoms with van der Waals surface area (Å²) in [6.45, 7) is 5.13. The van der Waals surface area contributed by atoms with Crippen molar-refractivity contribution in [2.45, 2.75) is 25.8 Å². The third-order valence-corrected chi connectivity index (χ3v) is 3.80. The number of para-hydroxylation sites is 2. The van der Waals surface area contributed by atoms with Crippen LogP contribution in [0.3, 0.4) is 0 Å². The van der Waals surface area contributed by atoms with Gasteiger partial charge >= 0.3 is 0 Å². The molecule has 2 rings (SSSR count). The number of nitrogens with zero attached hydrogens (tertiary/aromatic N) is 1. The van der Waals surface area contributed by atoms with Gasteiger partial charge in [0.15, 0.2) is 0 Å². The van der Waals surface area contributed by atoms with Crippen LogP contribution in [-0.4, -0.2) is 50.1 Å². The van der Waals surface area contributed by atoms with Crippen LogP contribution < -0.4 is 15.4 Å². The number of hydrogen-bond acceptors (Lipinski definition) is 4. The number of anilines is 1. The van der Waals surface area contributed by atoms with Crippen LogP contribution in [-0.2, 0) is 4.79 Å². The molecule has 1 fully saturated rings. The molecule has 1 aliphatic heterocycles. The number of amides is 1. The Morgan fingerprint density at radius 2 is 2.29 bits per heavy atom. The van der Waals surface area contributed by atoms with Gasteiger partial charge in [0.05, 0.1) is 19.3 Å². The van der Waals surface area contributed by atoms with E-state index < -0.39 is 0 Å². The van der Waals surface area contributed by atoms with Gasteiger partial charge in [-0.05, 0) is 31.5 Å². The largest absolute Gasteiger partial charge is 0.495 e. The topological polar surface area (TPSA) is 53.6 Å². The molecule has 1 heterocycles. The summed E-state index contributed by atoms with van der Waals surface area (Å²) in [5.41, 5.74) is 0.856. The lowest BCUT2D eigenvalue weighted by Gasteiger charge is -2.28. The molecule has 0 aliphatic carbocycles. The van der Waals surface area contributed by atoms with Gasteiger partial charge in [0.1, 0.15) is 5.75 Å². The van der Waals surface area contributed by atoms with Crippen molar-refractivity contribution in [3.63, 3.8) is 0 Å². The fourth-order valence-corrected chi connectivity index (χ4v) is 2.72. The number of nitrogens with one attached hydrogen (secondary N) is 2. The van der Waals surface area contributed by atoms with E-state index in [1.54, 1.807) is 7.11 Å². The number of benzene rings is 1. The Balaban J connectivity index is 1.95. The van der Waals surface area contributed by atoms with Gasteiger partial charge in [-0.1, -0.05) is 19.1 Å². The molecule has 1 saturated heterocycles. The molecule has 2 N–H and O–H groups in total. The molecule has 1 unspecified atom stereocenters. The maximum Gasteiger partial charge on any atom is 0.242 e. The van der Waals surface area contributed by atoms with Gasteiger partial charge in [0, 0.05) is 19.1 Å². The highest BCUT2D eigenvalue weighted by molar-refractivity contribution is 5.81. The van der Waals surface area contributed by atoms with Crippen molar-refractivity contribution >= 4 is 11.6 Å². The molecule has 0 aromatic heterocycles. The zero-order valence-corrected chi connectivity index (χ0v) is 12.9. The van der Waals surface area contributed by atoms with Crippen molar-refractivity contribution < 1.29 is 9.53 Å². The SMILES string of the molecule is CCCN(C(=O)CNc1ccccc1OC)C1CCNC1. The van der Waals surface area contributed by atoms with E-state index in [1.807, 2.05) is 29.2 Å². The highest BCUT2D eigenvalue weighted by Gasteiger charge is 2.25. The molecule has 21 heavy (non-hydrogen) atoms. The van der Waals surface area contributed by atoms with E-state index in [9.17, 15) is 4.79 Å². The lowest BCUT2D eigenvalue weighted by molar-refractivity contribution is -0.131. The molecule has 1 aromatic rings. The predicted octanol–water partition coefficient (Wildman–Crippen LogP) is 1.71. The Hall–Kier alpha value is -1.75. The van der Waals surface area contributed by atoms with E-state index in [0.29, 0.717) is 12.6 Å². The maximum atomic E-state index is 12.5. The minimum Gasteiger partial charge on any atom is -0.495 e. The van der Waals surface area contributed by atoms with Crippen molar-refractivity contribution in [3.05, 3.63) is 24.3 Å². The standard InChI is InChI=1S/C16H25N3O2/c1-3-10-19(13-8-9-17-11-13)16(20)12-18-14-6-4-5-7-15(14)21-2/h4-7,13,17-18H,3,8-12H2,1-2H3. The minimum atomic E-state index is 0.149. The van der Waals surface area contributed by atoms with Crippen LogP contribution in [0.2, 0.25) is 0 Å². The molecular formula is C16H25N3O2. The molecule has 0 bridgehead atoms. The summed E-state index contributed by atoms with van der Waals surface area (Å²) < 4.78 is 5.29. The first kappa shape index (κ1) is 15.6. The fraction of sp³-hybridized carbons (Fsp3) is 0.562. The van der Waals surface area contributed by atoms with Crippen molar-refractivity contribution in [1.29, 1.82) is 0 Å². The summed E-state index contributed by atoms with van der Waals surface area (Å²) in [6.07, 6.45) is 2.03. The lowest BCUT2D eigenvalue weighted by atomic mass is 10.2. The predicted molar refractivity (Wildman–Crippen MR) is 84.8 cm³/mol. The molecule has 5 heteroatoms. The molecule has 0 radical (unpaired) electrons. The molecule has 0 saturated carbocycles. The van der Waals surface area contributed by atoms with Crippen LogP contribution in [0.25, 0.3) is 0 Å². The second kappa shape index (κ2) is 7.88. The molecule has 1 aromatic carbocycles. The van der Waals surface area contributed by atoms with E-state index in [0.717, 1.165) is 43.9 Å². The van der Waals surface area contributed by atoms with Gasteiger partial charge in [0.25, 0.3) is 0 Å². The van der Waals surface area contributed by atoms with Crippen molar-refractivity contribution in [3.8, 4) is 5.75 Å². The Bertz CT molecular complexity index is 459. The molecule has 5 nitrogen and oxygen atoms in total. The second-order valence-corrected chi connectivity index (χ2v) is 5.29. The van der Waals surface area contributed by atoms with Crippen LogP contribution >= 0.6 is 0 Å². The number of ether oxygens (including phenoxy) is 1. The van der Waals surface area contributed by atoms with Gasteiger partial charge in [0.2, 0.25) is 5.91 Å². The molecule has 1 amide bonds. The molecule has 116 valence electrons. The zero-order valence-electron chi connectivity index (χ0n) is 12.9. The zero-order chi connectivity index (χ0) is 15.1. The van der Waals surface area contributed by atoms with E-state index in [4.69, 9.17) is 4.74 Å². The average molecular weight is 291 g/mol. The first-order valence-electron chi connectivity index (χ1n) is 7.63. The minimum absolute atomic E-state index is 0.149. The third kappa shape index (κ3) is 4.11. The third-order valence-electron chi connectivity index (χ3n) is 3.80. The van der Waals surface area contributed by atoms with Crippen LogP contribution in [0, 0.1) is 0 Å². The Morgan fingerprint density at radius 1 is 1.48 bits per heavy atom. The maximum absolute atomic E-state index is 12.5. The van der Waals surface area contributed by atoms with Crippen molar-refractivity contribution in [2.75, 3.05) is 38.6 Å². The summed E-state index contributed by atoms with van der Waals surface area (Å²) in [7, 11) is 1.63. The van der Waals surface area contributed by atoms with E-state index in [1.165, 1.54) is 0 Å². The Morgan fingerprint density at radius 3 is 2.95 bits per heavy atom. The van der Waals surface area contributed by atoms with Crippen LogP contribution in [0.1, 0.15) is 19.8 Å². The van der Waals surface area contributed by atoms with Crippen molar-refractivity contribution in [1.82, 2.24) is 10.2 Å². The summed E-state index contributed by atoms with van der Waals surface area (Å²) in [4.78, 5) is 14.5. The highest BCUT2D eigenvalue weighted by atomic mass is 16.5. The lowest BCUT2D eigenvalue weighted by Crippen LogP contribution is -2.44. The summed E-state index contributed by atoms with van der Waals surface area (Å²) in [6, 6.07) is 7.99. The van der Waals surface area contributed by atoms with E-state index >= 15 is 0 Å². The number of carbonyl (C=O) groups is 1. The number of carbonyl (C=O) groups excluding carboxylic acids is 1. The van der Waals surface area contributed by atoms with Crippen LogP contribution in [0.4, 0.5) is 5.69 Å². The first-order valence-corrected chi connectivity index (χ1v) is 7.63. The number of methoxy groups -OCH3 is 1. The Labute approximate surface area is 126 Å². The van der Waals surface area contributed by atoms with Gasteiger partial charge < -0.3 is 20.3 Å². The summed E-state index contributed by atoms with van der Waals surface area (Å²) in [5, 5.41) is 6.51. The van der Waals surface area contributed by atoms with Crippen LogP contribution in [0.15, 0.2) is 24.3 Å². The summed E-state index contributed by atoms with van der Waals surface area (Å²) in [5.74, 6) is 0.909. The van der Waals surface area contributed by atoms with E-state index in [2.05, 4.69) is 17.6 Å². The second-order valence-electron chi connectivity index (χ2n) is 5.29. The highest BCUT2D eigenvalue weighted by Crippen LogP contribution is 2.22. The quantitative estimate of drug-likeness (QED) is 0.803. The average Bonchev–Trinajstić information content (AvgIpc) is 3.04. The normalized spacial score (nSPS) is 17.5. The van der Waals surface area contributed by atoms with Crippen LogP contribution in [0.5, 0.6) is 5.75 Å². The molecule has 1 atom stereocenters. The van der Waals surface area contributed by atoms with E-state index in [-0.39, 0.29) is 5.91 Å². The number of rotatable bonds is 7. The van der Waals surface area contributed by atoms with Crippen molar-refractivity contribution in [2.24, 2.45) is 0 Å². The van der Waals surface area contributed by atoms with Gasteiger partial charge in [-0.3, -0.25) is 4.79 Å². The first-order chi connectivity index (χ1) is 10.3. The molecule has 0 spiro atoms. The Kier molecular flexibility index (Phi) is 5.87. The smallest absolute Gasteiger partial charge is 0.242 e. The van der Waals surface area contributed by atoms with Gasteiger partial charge in [-0.25, -0.2) is 0 Å². The fourth-order valence-electron chi connectivity index (χ4n) is 2.72. The number of hydrogen-bond donors (Lipinski definition) is 2. The van der Waals surface area contributed by atoms with Gasteiger partial charge in [-0.15, -0.1) is 0 Å². The van der Waals surface area contributed by atoms with Gasteiger partial charge in [-0.2, -0.15) is 0 Å². The monoisotopic (exact) mass is 291 g/mol.